The van der Waals surface area contributed by atoms with Gasteiger partial charge in [0, 0.05) is 6.42 Å². The summed E-state index contributed by atoms with van der Waals surface area (Å²) in [5.74, 6) is -0.366. The van der Waals surface area contributed by atoms with Crippen molar-refractivity contribution in [2.75, 3.05) is 0 Å². The molecule has 2 unspecified atom stereocenters. The van der Waals surface area contributed by atoms with Crippen LogP contribution < -0.4 is 5.32 Å². The van der Waals surface area contributed by atoms with Crippen molar-refractivity contribution < 1.29 is 14.6 Å². The molecule has 1 aliphatic heterocycles. The highest BCUT2D eigenvalue weighted by molar-refractivity contribution is 5.89. The van der Waals surface area contributed by atoms with Gasteiger partial charge >= 0.3 is 5.97 Å². The second-order valence-electron chi connectivity index (χ2n) is 3.18. The summed E-state index contributed by atoms with van der Waals surface area (Å²) in [6.45, 7) is 0. The Labute approximate surface area is 81.5 Å². The number of carbonyl (C=O) groups is 1. The first kappa shape index (κ1) is 9.18. The molecule has 0 bridgehead atoms. The van der Waals surface area contributed by atoms with Gasteiger partial charge < -0.3 is 9.84 Å². The summed E-state index contributed by atoms with van der Waals surface area (Å²) in [5.41, 5.74) is 0.524. The monoisotopic (exact) mass is 193 g/mol. The van der Waals surface area contributed by atoms with E-state index in [1.165, 1.54) is 0 Å². The van der Waals surface area contributed by atoms with Crippen molar-refractivity contribution in [3.8, 4) is 0 Å². The van der Waals surface area contributed by atoms with Gasteiger partial charge in [-0.3, -0.25) is 5.32 Å². The van der Waals surface area contributed by atoms with Crippen LogP contribution in [0.1, 0.15) is 16.8 Å². The third kappa shape index (κ3) is 1.92. The van der Waals surface area contributed by atoms with E-state index in [2.05, 4.69) is 5.32 Å². The van der Waals surface area contributed by atoms with Crippen molar-refractivity contribution >= 4 is 5.97 Å². The zero-order valence-electron chi connectivity index (χ0n) is 7.51. The Morgan fingerprint density at radius 2 is 2.07 bits per heavy atom. The van der Waals surface area contributed by atoms with Gasteiger partial charge in [-0.1, -0.05) is 18.2 Å². The first-order valence-electron chi connectivity index (χ1n) is 4.46. The van der Waals surface area contributed by atoms with Crippen LogP contribution in [0.2, 0.25) is 0 Å². The van der Waals surface area contributed by atoms with E-state index < -0.39 is 6.23 Å². The SMILES string of the molecule is O=C(OC1CC(O)N1)c1ccccc1. The molecule has 1 aromatic rings. The van der Waals surface area contributed by atoms with Crippen LogP contribution in [0.15, 0.2) is 30.3 Å². The van der Waals surface area contributed by atoms with Crippen molar-refractivity contribution in [3.63, 3.8) is 0 Å². The van der Waals surface area contributed by atoms with Crippen LogP contribution in [0.5, 0.6) is 0 Å². The second-order valence-corrected chi connectivity index (χ2v) is 3.18. The van der Waals surface area contributed by atoms with Gasteiger partial charge in [-0.05, 0) is 12.1 Å². The van der Waals surface area contributed by atoms with Crippen molar-refractivity contribution in [2.45, 2.75) is 18.9 Å². The first-order chi connectivity index (χ1) is 6.75. The summed E-state index contributed by atoms with van der Waals surface area (Å²) in [7, 11) is 0. The number of nitrogens with one attached hydrogen (secondary N) is 1. The van der Waals surface area contributed by atoms with Crippen LogP contribution in [-0.4, -0.2) is 23.5 Å². The van der Waals surface area contributed by atoms with Gasteiger partial charge in [0.25, 0.3) is 0 Å². The molecule has 0 aromatic heterocycles. The molecule has 0 spiro atoms. The lowest BCUT2D eigenvalue weighted by Crippen LogP contribution is -2.54. The average molecular weight is 193 g/mol. The van der Waals surface area contributed by atoms with E-state index in [-0.39, 0.29) is 12.2 Å². The van der Waals surface area contributed by atoms with E-state index in [0.29, 0.717) is 12.0 Å². The molecule has 1 saturated heterocycles. The molecule has 2 rings (SSSR count). The average Bonchev–Trinajstić information content (AvgIpc) is 2.17. The summed E-state index contributed by atoms with van der Waals surface area (Å²) in [4.78, 5) is 11.4. The summed E-state index contributed by atoms with van der Waals surface area (Å²) in [5, 5.41) is 11.6. The fourth-order valence-electron chi connectivity index (χ4n) is 1.25. The predicted octanol–water partition coefficient (Wildman–Crippen LogP) is 0.481. The van der Waals surface area contributed by atoms with Crippen molar-refractivity contribution in [2.24, 2.45) is 0 Å². The molecule has 1 fully saturated rings. The van der Waals surface area contributed by atoms with E-state index in [4.69, 9.17) is 9.84 Å². The highest BCUT2D eigenvalue weighted by atomic mass is 16.6. The third-order valence-electron chi connectivity index (χ3n) is 2.07. The minimum Gasteiger partial charge on any atom is -0.443 e. The Hall–Kier alpha value is -1.39. The Morgan fingerprint density at radius 3 is 2.64 bits per heavy atom. The molecule has 2 N–H and O–H groups in total. The van der Waals surface area contributed by atoms with Gasteiger partial charge in [-0.2, -0.15) is 0 Å². The molecule has 14 heavy (non-hydrogen) atoms. The number of rotatable bonds is 2. The topological polar surface area (TPSA) is 58.6 Å². The number of benzene rings is 1. The first-order valence-corrected chi connectivity index (χ1v) is 4.46. The van der Waals surface area contributed by atoms with Crippen LogP contribution in [0.3, 0.4) is 0 Å². The van der Waals surface area contributed by atoms with Crippen LogP contribution >= 0.6 is 0 Å². The molecular weight excluding hydrogens is 182 g/mol. The van der Waals surface area contributed by atoms with Gasteiger partial charge in [0.2, 0.25) is 0 Å². The van der Waals surface area contributed by atoms with E-state index in [1.54, 1.807) is 24.3 Å². The number of carbonyl (C=O) groups excluding carboxylic acids is 1. The second kappa shape index (κ2) is 3.77. The normalized spacial score (nSPS) is 25.2. The van der Waals surface area contributed by atoms with Crippen molar-refractivity contribution in [1.29, 1.82) is 0 Å². The van der Waals surface area contributed by atoms with Crippen LogP contribution in [0.4, 0.5) is 0 Å². The standard InChI is InChI=1S/C10H11NO3/c12-8-6-9(11-8)14-10(13)7-4-2-1-3-5-7/h1-5,8-9,11-12H,6H2. The molecular formula is C10H11NO3. The molecule has 1 aliphatic rings. The van der Waals surface area contributed by atoms with E-state index in [9.17, 15) is 4.79 Å². The van der Waals surface area contributed by atoms with Crippen molar-refractivity contribution in [1.82, 2.24) is 5.32 Å². The number of hydrogen-bond donors (Lipinski definition) is 2. The largest absolute Gasteiger partial charge is 0.443 e. The minimum absolute atomic E-state index is 0.349. The molecule has 0 radical (unpaired) electrons. The van der Waals surface area contributed by atoms with E-state index >= 15 is 0 Å². The maximum absolute atomic E-state index is 11.4. The van der Waals surface area contributed by atoms with Gasteiger partial charge in [0.15, 0.2) is 6.23 Å². The van der Waals surface area contributed by atoms with E-state index in [1.807, 2.05) is 6.07 Å². The number of aliphatic hydroxyl groups excluding tert-OH is 1. The lowest BCUT2D eigenvalue weighted by molar-refractivity contribution is -0.0776. The molecule has 0 aliphatic carbocycles. The smallest absolute Gasteiger partial charge is 0.339 e. The number of esters is 1. The van der Waals surface area contributed by atoms with Gasteiger partial charge in [0.1, 0.15) is 6.23 Å². The molecule has 4 nitrogen and oxygen atoms in total. The quantitative estimate of drug-likeness (QED) is 0.671. The Bertz CT molecular complexity index is 319. The summed E-state index contributed by atoms with van der Waals surface area (Å²) < 4.78 is 5.03. The molecule has 2 atom stereocenters. The van der Waals surface area contributed by atoms with Crippen LogP contribution in [0, 0.1) is 0 Å². The van der Waals surface area contributed by atoms with Crippen LogP contribution in [0.25, 0.3) is 0 Å². The molecule has 0 amide bonds. The Morgan fingerprint density at radius 1 is 1.43 bits per heavy atom. The number of aliphatic hydroxyl groups is 1. The lowest BCUT2D eigenvalue weighted by atomic mass is 10.2. The Kier molecular flexibility index (Phi) is 2.47. The summed E-state index contributed by atoms with van der Waals surface area (Å²) in [6, 6.07) is 8.77. The minimum atomic E-state index is -0.538. The van der Waals surface area contributed by atoms with Crippen molar-refractivity contribution in [3.05, 3.63) is 35.9 Å². The van der Waals surface area contributed by atoms with E-state index in [0.717, 1.165) is 0 Å². The molecule has 1 aromatic carbocycles. The lowest BCUT2D eigenvalue weighted by Gasteiger charge is -2.32. The molecule has 0 saturated carbocycles. The zero-order chi connectivity index (χ0) is 9.97. The molecule has 4 heteroatoms. The van der Waals surface area contributed by atoms with Gasteiger partial charge in [-0.15, -0.1) is 0 Å². The third-order valence-corrected chi connectivity index (χ3v) is 2.07. The highest BCUT2D eigenvalue weighted by Crippen LogP contribution is 2.12. The Balaban J connectivity index is 1.90. The fraction of sp³-hybridized carbons (Fsp3) is 0.300. The van der Waals surface area contributed by atoms with Gasteiger partial charge in [-0.25, -0.2) is 4.79 Å². The highest BCUT2D eigenvalue weighted by Gasteiger charge is 2.29. The maximum atomic E-state index is 11.4. The predicted molar refractivity (Wildman–Crippen MR) is 49.4 cm³/mol. The fourth-order valence-corrected chi connectivity index (χ4v) is 1.25. The molecule has 1 heterocycles. The summed E-state index contributed by atoms with van der Waals surface area (Å²) >= 11 is 0. The van der Waals surface area contributed by atoms with Crippen LogP contribution in [-0.2, 0) is 4.74 Å². The maximum Gasteiger partial charge on any atom is 0.339 e. The number of ether oxygens (including phenoxy) is 1. The number of hydrogen-bond acceptors (Lipinski definition) is 4. The molecule has 74 valence electrons. The zero-order valence-corrected chi connectivity index (χ0v) is 7.51. The van der Waals surface area contributed by atoms with Gasteiger partial charge in [0.05, 0.1) is 5.56 Å². The summed E-state index contributed by atoms with van der Waals surface area (Å²) in [6.07, 6.45) is -0.431.